The number of carbonyl (C=O) groups is 1. The molecule has 8 heteroatoms. The van der Waals surface area contributed by atoms with E-state index in [-0.39, 0.29) is 18.0 Å². The maximum atomic E-state index is 12.3. The Morgan fingerprint density at radius 3 is 2.35 bits per heavy atom. The largest absolute Gasteiger partial charge is 0.465 e. The number of aliphatic hydroxyl groups excluding tert-OH is 1. The predicted octanol–water partition coefficient (Wildman–Crippen LogP) is 2.48. The molecule has 1 aromatic carbocycles. The molecule has 1 saturated heterocycles. The van der Waals surface area contributed by atoms with Crippen molar-refractivity contribution >= 4 is 16.2 Å². The molecule has 2 rings (SSSR count). The summed E-state index contributed by atoms with van der Waals surface area (Å²) in [6.07, 6.45) is -1.76. The first kappa shape index (κ1) is 20.7. The number of hydrogen-bond donors (Lipinski definition) is 2. The Hall–Kier alpha value is -1.64. The van der Waals surface area contributed by atoms with Gasteiger partial charge in [0.25, 0.3) is 10.1 Å². The van der Waals surface area contributed by atoms with Gasteiger partial charge in [0.2, 0.25) is 0 Å². The molecule has 146 valence electrons. The van der Waals surface area contributed by atoms with Crippen molar-refractivity contribution in [1.82, 2.24) is 4.90 Å². The molecule has 26 heavy (non-hydrogen) atoms. The molecule has 3 atom stereocenters. The summed E-state index contributed by atoms with van der Waals surface area (Å²) in [5, 5.41) is 20.1. The average molecular weight is 385 g/mol. The summed E-state index contributed by atoms with van der Waals surface area (Å²) in [4.78, 5) is 12.8. The van der Waals surface area contributed by atoms with Gasteiger partial charge in [-0.3, -0.25) is 4.18 Å². The molecule has 1 aromatic rings. The molecule has 3 unspecified atom stereocenters. The molecule has 7 nitrogen and oxygen atoms in total. The summed E-state index contributed by atoms with van der Waals surface area (Å²) in [6.45, 7) is 7.45. The molecule has 0 bridgehead atoms. The molecule has 0 saturated carbocycles. The molecule has 0 spiro atoms. The van der Waals surface area contributed by atoms with Gasteiger partial charge in [-0.05, 0) is 30.9 Å². The monoisotopic (exact) mass is 385 g/mol. The number of hydrogen-bond acceptors (Lipinski definition) is 5. The highest BCUT2D eigenvalue weighted by Gasteiger charge is 2.45. The summed E-state index contributed by atoms with van der Waals surface area (Å²) in [7, 11) is -3.92. The van der Waals surface area contributed by atoms with E-state index in [4.69, 9.17) is 4.18 Å². The zero-order valence-electron chi connectivity index (χ0n) is 15.5. The molecule has 1 fully saturated rings. The van der Waals surface area contributed by atoms with Crippen molar-refractivity contribution in [3.8, 4) is 0 Å². The van der Waals surface area contributed by atoms with Crippen LogP contribution in [0, 0.1) is 18.3 Å². The molecule has 0 radical (unpaired) electrons. The van der Waals surface area contributed by atoms with E-state index >= 15 is 0 Å². The molecule has 1 aliphatic heterocycles. The van der Waals surface area contributed by atoms with Crippen molar-refractivity contribution in [3.63, 3.8) is 0 Å². The smallest absolute Gasteiger partial charge is 0.407 e. The van der Waals surface area contributed by atoms with E-state index in [2.05, 4.69) is 0 Å². The zero-order valence-corrected chi connectivity index (χ0v) is 16.4. The Kier molecular flexibility index (Phi) is 5.99. The van der Waals surface area contributed by atoms with Crippen LogP contribution >= 0.6 is 0 Å². The number of aliphatic hydroxyl groups is 1. The molecular weight excluding hydrogens is 358 g/mol. The van der Waals surface area contributed by atoms with Gasteiger partial charge in [0, 0.05) is 12.5 Å². The van der Waals surface area contributed by atoms with Crippen LogP contribution < -0.4 is 0 Å². The van der Waals surface area contributed by atoms with Gasteiger partial charge in [-0.1, -0.05) is 38.5 Å². The standard InChI is InChI=1S/C18H27NO6S/c1-12-5-7-14(8-6-12)26(23,24)25-11-13-9-10-19(17(21)22)16(15(13)20)18(2,3)4/h5-8,13,15-16,20H,9-11H2,1-4H3,(H,21,22). The first-order valence-electron chi connectivity index (χ1n) is 8.57. The topological polar surface area (TPSA) is 104 Å². The molecule has 0 aromatic heterocycles. The Morgan fingerprint density at radius 2 is 1.85 bits per heavy atom. The van der Waals surface area contributed by atoms with Crippen LogP contribution in [0.4, 0.5) is 4.79 Å². The highest BCUT2D eigenvalue weighted by atomic mass is 32.2. The van der Waals surface area contributed by atoms with E-state index in [1.165, 1.54) is 17.0 Å². The normalized spacial score (nSPS) is 24.5. The fourth-order valence-electron chi connectivity index (χ4n) is 3.38. The number of rotatable bonds is 4. The summed E-state index contributed by atoms with van der Waals surface area (Å²) < 4.78 is 29.8. The second kappa shape index (κ2) is 7.54. The lowest BCUT2D eigenvalue weighted by Gasteiger charge is -2.47. The lowest BCUT2D eigenvalue weighted by Crippen LogP contribution is -2.60. The predicted molar refractivity (Wildman–Crippen MR) is 96.4 cm³/mol. The number of aryl methyl sites for hydroxylation is 1. The summed E-state index contributed by atoms with van der Waals surface area (Å²) in [6, 6.07) is 5.69. The van der Waals surface area contributed by atoms with Gasteiger partial charge in [-0.25, -0.2) is 4.79 Å². The van der Waals surface area contributed by atoms with Crippen molar-refractivity contribution in [2.75, 3.05) is 13.2 Å². The third-order valence-electron chi connectivity index (χ3n) is 4.76. The molecule has 1 heterocycles. The van der Waals surface area contributed by atoms with Crippen LogP contribution in [0.25, 0.3) is 0 Å². The number of amides is 1. The lowest BCUT2D eigenvalue weighted by atomic mass is 9.75. The highest BCUT2D eigenvalue weighted by molar-refractivity contribution is 7.86. The molecular formula is C18H27NO6S. The van der Waals surface area contributed by atoms with Crippen LogP contribution in [0.2, 0.25) is 0 Å². The maximum Gasteiger partial charge on any atom is 0.407 e. The summed E-state index contributed by atoms with van der Waals surface area (Å²) >= 11 is 0. The lowest BCUT2D eigenvalue weighted by molar-refractivity contribution is -0.0715. The van der Waals surface area contributed by atoms with E-state index in [9.17, 15) is 23.4 Å². The van der Waals surface area contributed by atoms with Gasteiger partial charge < -0.3 is 15.1 Å². The van der Waals surface area contributed by atoms with Crippen LogP contribution in [0.5, 0.6) is 0 Å². The van der Waals surface area contributed by atoms with Crippen LogP contribution in [-0.2, 0) is 14.3 Å². The Balaban J connectivity index is 2.12. The zero-order chi connectivity index (χ0) is 19.7. The second-order valence-electron chi connectivity index (χ2n) is 7.88. The van der Waals surface area contributed by atoms with Gasteiger partial charge in [-0.2, -0.15) is 8.42 Å². The minimum absolute atomic E-state index is 0.0629. The third kappa shape index (κ3) is 4.55. The van der Waals surface area contributed by atoms with Gasteiger partial charge in [0.1, 0.15) is 0 Å². The molecule has 0 aliphatic carbocycles. The summed E-state index contributed by atoms with van der Waals surface area (Å²) in [5.41, 5.74) is 0.445. The number of carboxylic acid groups (broad SMARTS) is 1. The van der Waals surface area contributed by atoms with Crippen LogP contribution in [0.15, 0.2) is 29.2 Å². The van der Waals surface area contributed by atoms with E-state index < -0.39 is 39.7 Å². The van der Waals surface area contributed by atoms with Gasteiger partial charge >= 0.3 is 6.09 Å². The van der Waals surface area contributed by atoms with Crippen molar-refractivity contribution in [1.29, 1.82) is 0 Å². The van der Waals surface area contributed by atoms with Crippen LogP contribution in [-0.4, -0.2) is 54.9 Å². The van der Waals surface area contributed by atoms with Crippen molar-refractivity contribution in [3.05, 3.63) is 29.8 Å². The summed E-state index contributed by atoms with van der Waals surface area (Å²) in [5.74, 6) is -0.463. The average Bonchev–Trinajstić information content (AvgIpc) is 2.52. The minimum atomic E-state index is -3.92. The molecule has 1 amide bonds. The maximum absolute atomic E-state index is 12.3. The van der Waals surface area contributed by atoms with Crippen molar-refractivity contribution in [2.24, 2.45) is 11.3 Å². The SMILES string of the molecule is Cc1ccc(S(=O)(=O)OCC2CCN(C(=O)O)C(C(C)(C)C)C2O)cc1. The van der Waals surface area contributed by atoms with Gasteiger partial charge in [0.05, 0.1) is 23.6 Å². The fraction of sp³-hybridized carbons (Fsp3) is 0.611. The van der Waals surface area contributed by atoms with Crippen LogP contribution in [0.1, 0.15) is 32.8 Å². The third-order valence-corrected chi connectivity index (χ3v) is 6.06. The Labute approximate surface area is 154 Å². The Bertz CT molecular complexity index is 738. The Morgan fingerprint density at radius 1 is 1.27 bits per heavy atom. The minimum Gasteiger partial charge on any atom is -0.465 e. The highest BCUT2D eigenvalue weighted by Crippen LogP contribution is 2.35. The fourth-order valence-corrected chi connectivity index (χ4v) is 4.34. The van der Waals surface area contributed by atoms with Crippen molar-refractivity contribution in [2.45, 2.75) is 51.2 Å². The molecule has 2 N–H and O–H groups in total. The van der Waals surface area contributed by atoms with Crippen LogP contribution in [0.3, 0.4) is 0 Å². The first-order chi connectivity index (χ1) is 11.9. The quantitative estimate of drug-likeness (QED) is 0.772. The van der Waals surface area contributed by atoms with Gasteiger partial charge in [-0.15, -0.1) is 0 Å². The number of piperidine rings is 1. The van der Waals surface area contributed by atoms with E-state index in [1.54, 1.807) is 12.1 Å². The molecule has 1 aliphatic rings. The van der Waals surface area contributed by atoms with Gasteiger partial charge in [0.15, 0.2) is 0 Å². The number of likely N-dealkylation sites (tertiary alicyclic amines) is 1. The van der Waals surface area contributed by atoms with Crippen molar-refractivity contribution < 1.29 is 27.6 Å². The number of nitrogens with zero attached hydrogens (tertiary/aromatic N) is 1. The van der Waals surface area contributed by atoms with E-state index in [0.29, 0.717) is 6.42 Å². The second-order valence-corrected chi connectivity index (χ2v) is 9.49. The van der Waals surface area contributed by atoms with E-state index in [1.807, 2.05) is 27.7 Å². The first-order valence-corrected chi connectivity index (χ1v) is 9.98. The number of benzene rings is 1. The van der Waals surface area contributed by atoms with E-state index in [0.717, 1.165) is 5.56 Å².